The Balaban J connectivity index is 1.93. The minimum atomic E-state index is -0.155. The van der Waals surface area contributed by atoms with Crippen LogP contribution in [0.3, 0.4) is 0 Å². The summed E-state index contributed by atoms with van der Waals surface area (Å²) in [5.74, 6) is 0.564. The van der Waals surface area contributed by atoms with E-state index in [9.17, 15) is 4.39 Å². The molecular weight excluding hydrogens is 259 g/mol. The third-order valence-electron chi connectivity index (χ3n) is 3.71. The largest absolute Gasteiger partial charge is 0.316 e. The van der Waals surface area contributed by atoms with Gasteiger partial charge in [0.05, 0.1) is 5.01 Å². The summed E-state index contributed by atoms with van der Waals surface area (Å²) in [4.78, 5) is 4.63. The van der Waals surface area contributed by atoms with Crippen LogP contribution in [0.15, 0.2) is 29.6 Å². The fourth-order valence-corrected chi connectivity index (χ4v) is 3.78. The van der Waals surface area contributed by atoms with Crippen molar-refractivity contribution >= 4 is 11.3 Å². The molecule has 0 radical (unpaired) electrons. The van der Waals surface area contributed by atoms with E-state index in [0.29, 0.717) is 11.8 Å². The highest BCUT2D eigenvalue weighted by atomic mass is 32.1. The number of hydrogen-bond acceptors (Lipinski definition) is 3. The summed E-state index contributed by atoms with van der Waals surface area (Å²) in [5.41, 5.74) is 2.15. The van der Waals surface area contributed by atoms with Crippen LogP contribution in [-0.2, 0) is 0 Å². The van der Waals surface area contributed by atoms with Crippen LogP contribution in [0.2, 0.25) is 0 Å². The second kappa shape index (κ2) is 5.39. The average molecular weight is 276 g/mol. The molecular formula is C15H17FN2S. The maximum Gasteiger partial charge on any atom is 0.123 e. The molecule has 0 amide bonds. The summed E-state index contributed by atoms with van der Waals surface area (Å²) in [7, 11) is 0. The Bertz CT molecular complexity index is 567. The maximum atomic E-state index is 13.4. The zero-order valence-corrected chi connectivity index (χ0v) is 11.7. The van der Waals surface area contributed by atoms with Crippen LogP contribution >= 0.6 is 11.3 Å². The lowest BCUT2D eigenvalue weighted by atomic mass is 9.82. The topological polar surface area (TPSA) is 24.9 Å². The first-order valence-electron chi connectivity index (χ1n) is 6.62. The van der Waals surface area contributed by atoms with Crippen molar-refractivity contribution in [2.24, 2.45) is 0 Å². The van der Waals surface area contributed by atoms with Gasteiger partial charge in [0, 0.05) is 29.5 Å². The van der Waals surface area contributed by atoms with Crippen molar-refractivity contribution in [2.75, 3.05) is 13.1 Å². The van der Waals surface area contributed by atoms with Gasteiger partial charge in [-0.1, -0.05) is 12.1 Å². The lowest BCUT2D eigenvalue weighted by molar-refractivity contribution is 0.402. The van der Waals surface area contributed by atoms with Gasteiger partial charge in [0.25, 0.3) is 0 Å². The second-order valence-corrected chi connectivity index (χ2v) is 5.98. The number of piperidine rings is 1. The molecule has 0 aliphatic carbocycles. The lowest BCUT2D eigenvalue weighted by Gasteiger charge is -2.31. The number of halogens is 1. The summed E-state index contributed by atoms with van der Waals surface area (Å²) in [6.45, 7) is 3.93. The Labute approximate surface area is 116 Å². The van der Waals surface area contributed by atoms with E-state index in [1.54, 1.807) is 23.5 Å². The number of aromatic nitrogens is 1. The smallest absolute Gasteiger partial charge is 0.123 e. The molecule has 1 fully saturated rings. The van der Waals surface area contributed by atoms with Gasteiger partial charge in [-0.3, -0.25) is 0 Å². The molecule has 1 aliphatic rings. The number of hydrogen-bond donors (Lipinski definition) is 1. The molecule has 2 heterocycles. The molecule has 0 bridgehead atoms. The highest BCUT2D eigenvalue weighted by Crippen LogP contribution is 2.38. The van der Waals surface area contributed by atoms with Crippen molar-refractivity contribution in [1.82, 2.24) is 10.3 Å². The predicted molar refractivity (Wildman–Crippen MR) is 76.2 cm³/mol. The normalized spacial score (nSPS) is 23.5. The molecule has 2 aromatic rings. The van der Waals surface area contributed by atoms with Crippen molar-refractivity contribution in [3.63, 3.8) is 0 Å². The molecule has 4 heteroatoms. The van der Waals surface area contributed by atoms with Crippen LogP contribution in [-0.4, -0.2) is 18.1 Å². The molecule has 2 unspecified atom stereocenters. The molecule has 2 atom stereocenters. The zero-order valence-electron chi connectivity index (χ0n) is 10.9. The molecule has 19 heavy (non-hydrogen) atoms. The van der Waals surface area contributed by atoms with Gasteiger partial charge in [0.1, 0.15) is 5.82 Å². The molecule has 0 saturated carbocycles. The number of nitrogens with one attached hydrogen (secondary N) is 1. The van der Waals surface area contributed by atoms with E-state index in [4.69, 9.17) is 0 Å². The van der Waals surface area contributed by atoms with Crippen LogP contribution in [0.5, 0.6) is 0 Å². The minimum Gasteiger partial charge on any atom is -0.316 e. The van der Waals surface area contributed by atoms with Gasteiger partial charge in [-0.2, -0.15) is 0 Å². The van der Waals surface area contributed by atoms with Gasteiger partial charge in [-0.05, 0) is 37.6 Å². The molecule has 1 N–H and O–H groups in total. The fraction of sp³-hybridized carbons (Fsp3) is 0.400. The van der Waals surface area contributed by atoms with E-state index >= 15 is 0 Å². The van der Waals surface area contributed by atoms with Crippen molar-refractivity contribution < 1.29 is 4.39 Å². The minimum absolute atomic E-state index is 0.155. The van der Waals surface area contributed by atoms with Gasteiger partial charge >= 0.3 is 0 Å². The number of nitrogens with zero attached hydrogens (tertiary/aromatic N) is 1. The molecule has 2 nitrogen and oxygen atoms in total. The van der Waals surface area contributed by atoms with Gasteiger partial charge in [0.2, 0.25) is 0 Å². The average Bonchev–Trinajstić information content (AvgIpc) is 2.85. The molecule has 1 saturated heterocycles. The summed E-state index contributed by atoms with van der Waals surface area (Å²) in [6.07, 6.45) is 1.06. The lowest BCUT2D eigenvalue weighted by Crippen LogP contribution is -2.34. The van der Waals surface area contributed by atoms with Crippen LogP contribution in [0.4, 0.5) is 4.39 Å². The predicted octanol–water partition coefficient (Wildman–Crippen LogP) is 3.45. The highest BCUT2D eigenvalue weighted by molar-refractivity contribution is 7.09. The van der Waals surface area contributed by atoms with Crippen molar-refractivity contribution in [1.29, 1.82) is 0 Å². The second-order valence-electron chi connectivity index (χ2n) is 5.09. The zero-order chi connectivity index (χ0) is 13.2. The van der Waals surface area contributed by atoms with E-state index in [1.165, 1.54) is 11.1 Å². The van der Waals surface area contributed by atoms with E-state index in [0.717, 1.165) is 30.8 Å². The third-order valence-corrected chi connectivity index (χ3v) is 4.81. The fourth-order valence-electron chi connectivity index (χ4n) is 2.78. The maximum absolute atomic E-state index is 13.4. The summed E-state index contributed by atoms with van der Waals surface area (Å²) < 4.78 is 13.4. The number of rotatable bonds is 2. The molecule has 3 rings (SSSR count). The van der Waals surface area contributed by atoms with Crippen LogP contribution in [0, 0.1) is 12.7 Å². The Morgan fingerprint density at radius 2 is 2.26 bits per heavy atom. The van der Waals surface area contributed by atoms with Gasteiger partial charge in [0.15, 0.2) is 0 Å². The standard InChI is InChI=1S/C15H17FN2S/c1-10-9-19-15(18-10)13-5-6-17-8-14(13)11-3-2-4-12(16)7-11/h2-4,7,9,13-14,17H,5-6,8H2,1H3. The van der Waals surface area contributed by atoms with Crippen molar-refractivity contribution in [3.8, 4) is 0 Å². The van der Waals surface area contributed by atoms with Crippen LogP contribution in [0.25, 0.3) is 0 Å². The van der Waals surface area contributed by atoms with Gasteiger partial charge in [-0.15, -0.1) is 11.3 Å². The van der Waals surface area contributed by atoms with E-state index in [2.05, 4.69) is 15.7 Å². The van der Waals surface area contributed by atoms with Gasteiger partial charge in [-0.25, -0.2) is 9.37 Å². The first kappa shape index (κ1) is 12.8. The van der Waals surface area contributed by atoms with Crippen molar-refractivity contribution in [2.45, 2.75) is 25.2 Å². The summed E-state index contributed by atoms with van der Waals surface area (Å²) in [5, 5.41) is 6.70. The monoisotopic (exact) mass is 276 g/mol. The van der Waals surface area contributed by atoms with Crippen LogP contribution in [0.1, 0.15) is 34.5 Å². The quantitative estimate of drug-likeness (QED) is 0.908. The van der Waals surface area contributed by atoms with Crippen LogP contribution < -0.4 is 5.32 Å². The highest BCUT2D eigenvalue weighted by Gasteiger charge is 2.29. The first-order valence-corrected chi connectivity index (χ1v) is 7.50. The Morgan fingerprint density at radius 3 is 3.00 bits per heavy atom. The SMILES string of the molecule is Cc1csc(C2CCNCC2c2cccc(F)c2)n1. The summed E-state index contributed by atoms with van der Waals surface area (Å²) >= 11 is 1.73. The Kier molecular flexibility index (Phi) is 3.62. The van der Waals surface area contributed by atoms with Gasteiger partial charge < -0.3 is 5.32 Å². The molecule has 1 aromatic heterocycles. The molecule has 100 valence electrons. The summed E-state index contributed by atoms with van der Waals surface area (Å²) in [6, 6.07) is 6.98. The third kappa shape index (κ3) is 2.69. The van der Waals surface area contributed by atoms with E-state index in [-0.39, 0.29) is 5.82 Å². The molecule has 0 spiro atoms. The number of benzene rings is 1. The van der Waals surface area contributed by atoms with E-state index in [1.807, 2.05) is 13.0 Å². The molecule has 1 aromatic carbocycles. The van der Waals surface area contributed by atoms with E-state index < -0.39 is 0 Å². The Hall–Kier alpha value is -1.26. The molecule has 1 aliphatic heterocycles. The number of thiazole rings is 1. The Morgan fingerprint density at radius 1 is 1.37 bits per heavy atom. The first-order chi connectivity index (χ1) is 9.24. The van der Waals surface area contributed by atoms with Crippen molar-refractivity contribution in [3.05, 3.63) is 51.7 Å². The number of aryl methyl sites for hydroxylation is 1.